The lowest BCUT2D eigenvalue weighted by Crippen LogP contribution is -2.02. The maximum atomic E-state index is 11.1. The molecular formula is C13H11NOS. The van der Waals surface area contributed by atoms with Crippen molar-refractivity contribution in [2.75, 3.05) is 5.73 Å². The van der Waals surface area contributed by atoms with Gasteiger partial charge in [0.1, 0.15) is 0 Å². The topological polar surface area (TPSA) is 43.1 Å². The monoisotopic (exact) mass is 229 g/mol. The second-order valence-electron chi connectivity index (χ2n) is 3.95. The first-order valence-electron chi connectivity index (χ1n) is 5.26. The smallest absolute Gasteiger partial charge is 0.153 e. The summed E-state index contributed by atoms with van der Waals surface area (Å²) in [7, 11) is 0. The number of nitrogens with two attached hydrogens (primary N) is 1. The van der Waals surface area contributed by atoms with E-state index >= 15 is 0 Å². The van der Waals surface area contributed by atoms with E-state index in [-0.39, 0.29) is 0 Å². The van der Waals surface area contributed by atoms with Crippen LogP contribution < -0.4 is 5.73 Å². The lowest BCUT2D eigenvalue weighted by atomic mass is 9.88. The average molecular weight is 229 g/mol. The highest BCUT2D eigenvalue weighted by molar-refractivity contribution is 7.16. The zero-order valence-electron chi connectivity index (χ0n) is 8.69. The van der Waals surface area contributed by atoms with E-state index in [0.717, 1.165) is 24.7 Å². The lowest BCUT2D eigenvalue weighted by Gasteiger charge is -2.16. The molecule has 1 aliphatic rings. The second-order valence-corrected chi connectivity index (χ2v) is 5.09. The maximum Gasteiger partial charge on any atom is 0.153 e. The highest BCUT2D eigenvalue weighted by Crippen LogP contribution is 2.42. The molecule has 0 aliphatic heterocycles. The van der Waals surface area contributed by atoms with Crippen molar-refractivity contribution in [1.82, 2.24) is 0 Å². The Balaban J connectivity index is 2.34. The molecule has 1 heterocycles. The minimum absolute atomic E-state index is 0.650. The van der Waals surface area contributed by atoms with E-state index < -0.39 is 0 Å². The summed E-state index contributed by atoms with van der Waals surface area (Å²) in [6.45, 7) is 0. The van der Waals surface area contributed by atoms with E-state index in [1.165, 1.54) is 16.0 Å². The summed E-state index contributed by atoms with van der Waals surface area (Å²) < 4.78 is 0. The second kappa shape index (κ2) is 3.46. The fourth-order valence-electron chi connectivity index (χ4n) is 2.33. The first-order valence-corrected chi connectivity index (χ1v) is 6.07. The predicted molar refractivity (Wildman–Crippen MR) is 67.0 cm³/mol. The van der Waals surface area contributed by atoms with Crippen LogP contribution in [0.4, 0.5) is 5.00 Å². The maximum absolute atomic E-state index is 11.1. The number of thiophene rings is 1. The highest BCUT2D eigenvalue weighted by Gasteiger charge is 2.22. The normalized spacial score (nSPS) is 13.0. The molecular weight excluding hydrogens is 218 g/mol. The number of carbonyl (C=O) groups excluding carboxylic acids is 1. The zero-order chi connectivity index (χ0) is 11.1. The third kappa shape index (κ3) is 1.21. The summed E-state index contributed by atoms with van der Waals surface area (Å²) in [4.78, 5) is 12.3. The van der Waals surface area contributed by atoms with E-state index in [4.69, 9.17) is 5.73 Å². The molecule has 2 aromatic rings. The number of rotatable bonds is 1. The Labute approximate surface area is 97.7 Å². The van der Waals surface area contributed by atoms with Gasteiger partial charge in [0.2, 0.25) is 0 Å². The number of aryl methyl sites for hydroxylation is 2. The summed E-state index contributed by atoms with van der Waals surface area (Å²) in [6.07, 6.45) is 2.92. The van der Waals surface area contributed by atoms with Gasteiger partial charge in [-0.1, -0.05) is 24.3 Å². The third-order valence-corrected chi connectivity index (χ3v) is 4.17. The molecule has 0 fully saturated rings. The molecule has 3 rings (SSSR count). The fraction of sp³-hybridized carbons (Fsp3) is 0.154. The predicted octanol–water partition coefficient (Wildman–Crippen LogP) is 2.91. The molecule has 0 saturated carbocycles. The Hall–Kier alpha value is -1.61. The first kappa shape index (κ1) is 9.60. The van der Waals surface area contributed by atoms with E-state index in [9.17, 15) is 4.79 Å². The van der Waals surface area contributed by atoms with Crippen LogP contribution in [0.25, 0.3) is 11.1 Å². The molecule has 1 aromatic carbocycles. The van der Waals surface area contributed by atoms with Gasteiger partial charge in [0.15, 0.2) is 6.29 Å². The van der Waals surface area contributed by atoms with Crippen molar-refractivity contribution in [3.63, 3.8) is 0 Å². The number of nitrogen functional groups attached to an aromatic ring is 1. The van der Waals surface area contributed by atoms with Crippen LogP contribution in [0.2, 0.25) is 0 Å². The van der Waals surface area contributed by atoms with Crippen LogP contribution in [0, 0.1) is 0 Å². The number of anilines is 1. The Bertz CT molecular complexity index is 571. The van der Waals surface area contributed by atoms with Crippen LogP contribution in [0.15, 0.2) is 24.3 Å². The number of fused-ring (bicyclic) bond motifs is 3. The molecule has 16 heavy (non-hydrogen) atoms. The lowest BCUT2D eigenvalue weighted by molar-refractivity contribution is 0.112. The van der Waals surface area contributed by atoms with E-state index in [0.29, 0.717) is 10.6 Å². The molecule has 0 radical (unpaired) electrons. The van der Waals surface area contributed by atoms with Gasteiger partial charge in [0.05, 0.1) is 10.6 Å². The van der Waals surface area contributed by atoms with Gasteiger partial charge >= 0.3 is 0 Å². The molecule has 0 amide bonds. The van der Waals surface area contributed by atoms with Crippen LogP contribution in [0.1, 0.15) is 20.8 Å². The minimum Gasteiger partial charge on any atom is -0.390 e. The van der Waals surface area contributed by atoms with Gasteiger partial charge in [0.25, 0.3) is 0 Å². The van der Waals surface area contributed by atoms with Gasteiger partial charge in [0, 0.05) is 10.4 Å². The van der Waals surface area contributed by atoms with Gasteiger partial charge in [-0.25, -0.2) is 0 Å². The molecule has 0 spiro atoms. The van der Waals surface area contributed by atoms with E-state index in [2.05, 4.69) is 12.1 Å². The van der Waals surface area contributed by atoms with Crippen molar-refractivity contribution in [3.05, 3.63) is 40.3 Å². The Morgan fingerprint density at radius 1 is 1.25 bits per heavy atom. The van der Waals surface area contributed by atoms with Crippen LogP contribution in [0.5, 0.6) is 0 Å². The van der Waals surface area contributed by atoms with Crippen LogP contribution in [-0.2, 0) is 12.8 Å². The molecule has 0 saturated heterocycles. The zero-order valence-corrected chi connectivity index (χ0v) is 9.51. The SMILES string of the molecule is Nc1sc2c(c1C=O)-c1ccccc1CC2. The minimum atomic E-state index is 0.650. The van der Waals surface area contributed by atoms with Crippen molar-refractivity contribution < 1.29 is 4.79 Å². The summed E-state index contributed by atoms with van der Waals surface area (Å²) in [6, 6.07) is 8.25. The van der Waals surface area contributed by atoms with Gasteiger partial charge < -0.3 is 5.73 Å². The largest absolute Gasteiger partial charge is 0.390 e. The number of benzene rings is 1. The number of hydrogen-bond acceptors (Lipinski definition) is 3. The van der Waals surface area contributed by atoms with E-state index in [1.54, 1.807) is 11.3 Å². The molecule has 0 atom stereocenters. The van der Waals surface area contributed by atoms with Gasteiger partial charge in [-0.3, -0.25) is 4.79 Å². The summed E-state index contributed by atoms with van der Waals surface area (Å²) in [5, 5.41) is 0.650. The van der Waals surface area contributed by atoms with Gasteiger partial charge in [-0.15, -0.1) is 11.3 Å². The average Bonchev–Trinajstić information content (AvgIpc) is 2.65. The first-order chi connectivity index (χ1) is 7.81. The number of hydrogen-bond donors (Lipinski definition) is 1. The molecule has 3 heteroatoms. The molecule has 2 N–H and O–H groups in total. The third-order valence-electron chi connectivity index (χ3n) is 3.07. The van der Waals surface area contributed by atoms with Crippen molar-refractivity contribution in [3.8, 4) is 11.1 Å². The molecule has 1 aromatic heterocycles. The fourth-order valence-corrected chi connectivity index (χ4v) is 3.38. The van der Waals surface area contributed by atoms with Crippen molar-refractivity contribution in [1.29, 1.82) is 0 Å². The van der Waals surface area contributed by atoms with Crippen LogP contribution in [-0.4, -0.2) is 6.29 Å². The van der Waals surface area contributed by atoms with Crippen molar-refractivity contribution in [2.45, 2.75) is 12.8 Å². The summed E-state index contributed by atoms with van der Waals surface area (Å²) >= 11 is 1.55. The van der Waals surface area contributed by atoms with Crippen LogP contribution in [0.3, 0.4) is 0 Å². The molecule has 0 bridgehead atoms. The Morgan fingerprint density at radius 2 is 2.06 bits per heavy atom. The molecule has 1 aliphatic carbocycles. The van der Waals surface area contributed by atoms with Crippen LogP contribution >= 0.6 is 11.3 Å². The molecule has 0 unspecified atom stereocenters. The van der Waals surface area contributed by atoms with Gasteiger partial charge in [-0.2, -0.15) is 0 Å². The highest BCUT2D eigenvalue weighted by atomic mass is 32.1. The van der Waals surface area contributed by atoms with Gasteiger partial charge in [-0.05, 0) is 24.0 Å². The Kier molecular flexibility index (Phi) is 2.07. The summed E-state index contributed by atoms with van der Waals surface area (Å²) in [5.41, 5.74) is 10.1. The molecule has 2 nitrogen and oxygen atoms in total. The standard InChI is InChI=1S/C13H11NOS/c14-13-10(7-15)12-9-4-2-1-3-8(9)5-6-11(12)16-13/h1-4,7H,5-6,14H2. The van der Waals surface area contributed by atoms with E-state index in [1.807, 2.05) is 12.1 Å². The molecule has 80 valence electrons. The quantitative estimate of drug-likeness (QED) is 0.764. The number of aldehydes is 1. The number of carbonyl (C=O) groups is 1. The Morgan fingerprint density at radius 3 is 2.88 bits per heavy atom. The van der Waals surface area contributed by atoms with Crippen molar-refractivity contribution >= 4 is 22.6 Å². The van der Waals surface area contributed by atoms with Crippen molar-refractivity contribution in [2.24, 2.45) is 0 Å². The summed E-state index contributed by atoms with van der Waals surface area (Å²) in [5.74, 6) is 0.